The number of benzene rings is 1. The third-order valence-corrected chi connectivity index (χ3v) is 6.83. The first-order valence-electron chi connectivity index (χ1n) is 12.6. The van der Waals surface area contributed by atoms with E-state index in [0.29, 0.717) is 0 Å². The fourth-order valence-corrected chi connectivity index (χ4v) is 4.38. The first-order chi connectivity index (χ1) is 18.7. The molecule has 6 atom stereocenters. The van der Waals surface area contributed by atoms with Crippen LogP contribution in [0.15, 0.2) is 48.7 Å². The topological polar surface area (TPSA) is 173 Å². The highest BCUT2D eigenvalue weighted by atomic mass is 16.6. The Hall–Kier alpha value is -4.03. The van der Waals surface area contributed by atoms with Crippen molar-refractivity contribution >= 4 is 23.8 Å². The molecular weight excluding hydrogens is 510 g/mol. The lowest BCUT2D eigenvalue weighted by molar-refractivity contribution is -0.192. The fraction of sp³-hybridized carbons (Fsp3) is 0.444. The van der Waals surface area contributed by atoms with Crippen LogP contribution in [0.4, 0.5) is 0 Å². The number of nitrogens with one attached hydrogen (secondary N) is 2. The number of cyclic esters (lactones) is 2. The molecule has 3 heterocycles. The number of nitrogens with zero attached hydrogens (tertiary/aromatic N) is 1. The standard InChI is InChI=1S/C27H31N3O9/c1-14-22(32)18(11-16-7-4-3-5-8-16)29-24(33)20(30-25(34)21-19(31)9-6-10-28-21)15(2)38-27(36)23(39-26(14)35)17-12-37-13-17/h3-10,14-15,17-18,20,22-23,31-32H,11-13H2,1-2H3,(H,29,33)(H,30,34). The van der Waals surface area contributed by atoms with Crippen LogP contribution in [0.3, 0.4) is 0 Å². The van der Waals surface area contributed by atoms with Gasteiger partial charge < -0.3 is 35.1 Å². The molecule has 0 radical (unpaired) electrons. The third kappa shape index (κ3) is 6.52. The first-order valence-corrected chi connectivity index (χ1v) is 12.6. The molecule has 1 aromatic heterocycles. The lowest BCUT2D eigenvalue weighted by atomic mass is 9.92. The van der Waals surface area contributed by atoms with Crippen molar-refractivity contribution in [2.75, 3.05) is 13.2 Å². The number of aromatic hydroxyl groups is 1. The molecule has 2 fully saturated rings. The minimum absolute atomic E-state index is 0.154. The molecule has 2 saturated heterocycles. The van der Waals surface area contributed by atoms with Crippen LogP contribution in [-0.2, 0) is 35.0 Å². The Morgan fingerprint density at radius 2 is 1.77 bits per heavy atom. The molecule has 2 aromatic rings. The number of pyridine rings is 1. The molecule has 4 rings (SSSR count). The van der Waals surface area contributed by atoms with Crippen molar-refractivity contribution in [1.82, 2.24) is 15.6 Å². The average molecular weight is 542 g/mol. The normalized spacial score (nSPS) is 28.5. The van der Waals surface area contributed by atoms with E-state index in [1.54, 1.807) is 24.3 Å². The van der Waals surface area contributed by atoms with Crippen LogP contribution in [0.1, 0.15) is 29.9 Å². The largest absolute Gasteiger partial charge is 0.505 e. The summed E-state index contributed by atoms with van der Waals surface area (Å²) >= 11 is 0. The number of hydrogen-bond donors (Lipinski definition) is 4. The van der Waals surface area contributed by atoms with E-state index in [0.717, 1.165) is 5.56 Å². The van der Waals surface area contributed by atoms with Crippen LogP contribution in [-0.4, -0.2) is 82.6 Å². The lowest BCUT2D eigenvalue weighted by Gasteiger charge is -2.36. The SMILES string of the molecule is CC1OC(=O)C(C2COC2)OC(=O)C(C)C(O)C(Cc2ccccc2)NC(=O)C1NC(=O)c1ncccc1O. The summed E-state index contributed by atoms with van der Waals surface area (Å²) in [5.74, 6) is -5.39. The van der Waals surface area contributed by atoms with E-state index in [9.17, 15) is 29.4 Å². The highest BCUT2D eigenvalue weighted by Crippen LogP contribution is 2.24. The number of esters is 2. The van der Waals surface area contributed by atoms with Crippen molar-refractivity contribution < 1.29 is 43.6 Å². The molecule has 4 N–H and O–H groups in total. The maximum absolute atomic E-state index is 13.6. The number of rotatable bonds is 5. The summed E-state index contributed by atoms with van der Waals surface area (Å²) in [5.41, 5.74) is 0.445. The van der Waals surface area contributed by atoms with Crippen LogP contribution in [0.5, 0.6) is 5.75 Å². The summed E-state index contributed by atoms with van der Waals surface area (Å²) in [5, 5.41) is 26.4. The van der Waals surface area contributed by atoms with Crippen LogP contribution in [0.2, 0.25) is 0 Å². The molecule has 2 amide bonds. The molecule has 208 valence electrons. The number of carbonyl (C=O) groups is 4. The fourth-order valence-electron chi connectivity index (χ4n) is 4.38. The summed E-state index contributed by atoms with van der Waals surface area (Å²) in [4.78, 5) is 56.4. The number of hydrogen-bond acceptors (Lipinski definition) is 10. The van der Waals surface area contributed by atoms with Crippen molar-refractivity contribution in [3.63, 3.8) is 0 Å². The Bertz CT molecular complexity index is 1200. The number of carbonyl (C=O) groups excluding carboxylic acids is 4. The number of aromatic nitrogens is 1. The second-order valence-corrected chi connectivity index (χ2v) is 9.70. The third-order valence-electron chi connectivity index (χ3n) is 6.83. The van der Waals surface area contributed by atoms with Gasteiger partial charge in [-0.2, -0.15) is 0 Å². The van der Waals surface area contributed by atoms with Crippen molar-refractivity contribution in [3.8, 4) is 5.75 Å². The molecule has 2 aliphatic heterocycles. The zero-order chi connectivity index (χ0) is 28.1. The zero-order valence-corrected chi connectivity index (χ0v) is 21.5. The maximum Gasteiger partial charge on any atom is 0.348 e. The smallest absolute Gasteiger partial charge is 0.348 e. The molecule has 39 heavy (non-hydrogen) atoms. The lowest BCUT2D eigenvalue weighted by Crippen LogP contribution is -2.60. The summed E-state index contributed by atoms with van der Waals surface area (Å²) in [6.07, 6.45) is -2.51. The molecule has 0 saturated carbocycles. The van der Waals surface area contributed by atoms with Gasteiger partial charge in [0.15, 0.2) is 5.69 Å². The number of ether oxygens (including phenoxy) is 3. The molecule has 12 nitrogen and oxygen atoms in total. The van der Waals surface area contributed by atoms with E-state index < -0.39 is 71.7 Å². The van der Waals surface area contributed by atoms with Crippen LogP contribution >= 0.6 is 0 Å². The van der Waals surface area contributed by atoms with Crippen molar-refractivity contribution in [2.24, 2.45) is 11.8 Å². The predicted molar refractivity (Wildman–Crippen MR) is 134 cm³/mol. The number of aliphatic hydroxyl groups excluding tert-OH is 1. The van der Waals surface area contributed by atoms with E-state index in [1.807, 2.05) is 6.07 Å². The van der Waals surface area contributed by atoms with Gasteiger partial charge in [-0.05, 0) is 38.0 Å². The van der Waals surface area contributed by atoms with Gasteiger partial charge in [0.25, 0.3) is 5.91 Å². The Morgan fingerprint density at radius 3 is 2.41 bits per heavy atom. The minimum atomic E-state index is -1.45. The molecule has 6 unspecified atom stereocenters. The summed E-state index contributed by atoms with van der Waals surface area (Å²) in [7, 11) is 0. The van der Waals surface area contributed by atoms with Gasteiger partial charge in [-0.25, -0.2) is 9.78 Å². The van der Waals surface area contributed by atoms with E-state index >= 15 is 0 Å². The predicted octanol–water partition coefficient (Wildman–Crippen LogP) is 0.114. The van der Waals surface area contributed by atoms with Gasteiger partial charge in [-0.15, -0.1) is 0 Å². The van der Waals surface area contributed by atoms with Crippen LogP contribution in [0.25, 0.3) is 0 Å². The van der Waals surface area contributed by atoms with Crippen LogP contribution < -0.4 is 10.6 Å². The van der Waals surface area contributed by atoms with Gasteiger partial charge in [0.05, 0.1) is 37.2 Å². The molecule has 2 aliphatic rings. The van der Waals surface area contributed by atoms with Gasteiger partial charge in [-0.1, -0.05) is 30.3 Å². The average Bonchev–Trinajstić information content (AvgIpc) is 2.89. The van der Waals surface area contributed by atoms with Gasteiger partial charge >= 0.3 is 11.9 Å². The van der Waals surface area contributed by atoms with Crippen molar-refractivity contribution in [3.05, 3.63) is 59.9 Å². The van der Waals surface area contributed by atoms with Gasteiger partial charge in [0, 0.05) is 6.20 Å². The monoisotopic (exact) mass is 541 g/mol. The van der Waals surface area contributed by atoms with Crippen molar-refractivity contribution in [2.45, 2.75) is 50.7 Å². The maximum atomic E-state index is 13.6. The molecule has 1 aromatic carbocycles. The molecular formula is C27H31N3O9. The molecule has 0 aliphatic carbocycles. The van der Waals surface area contributed by atoms with Gasteiger partial charge in [0.2, 0.25) is 12.0 Å². The quantitative estimate of drug-likeness (QED) is 0.381. The van der Waals surface area contributed by atoms with Gasteiger partial charge in [-0.3, -0.25) is 14.4 Å². The number of aliphatic hydroxyl groups is 1. The first kappa shape index (κ1) is 28.0. The molecule has 0 bridgehead atoms. The second-order valence-electron chi connectivity index (χ2n) is 9.70. The zero-order valence-electron chi connectivity index (χ0n) is 21.5. The highest BCUT2D eigenvalue weighted by Gasteiger charge is 2.44. The van der Waals surface area contributed by atoms with Gasteiger partial charge in [0.1, 0.15) is 17.9 Å². The Morgan fingerprint density at radius 1 is 1.05 bits per heavy atom. The Kier molecular flexibility index (Phi) is 8.77. The molecule has 0 spiro atoms. The van der Waals surface area contributed by atoms with E-state index in [1.165, 1.54) is 32.2 Å². The van der Waals surface area contributed by atoms with E-state index in [4.69, 9.17) is 14.2 Å². The van der Waals surface area contributed by atoms with E-state index in [2.05, 4.69) is 15.6 Å². The van der Waals surface area contributed by atoms with Crippen LogP contribution in [0, 0.1) is 11.8 Å². The minimum Gasteiger partial charge on any atom is -0.505 e. The summed E-state index contributed by atoms with van der Waals surface area (Å²) in [6.45, 7) is 3.16. The van der Waals surface area contributed by atoms with Crippen molar-refractivity contribution in [1.29, 1.82) is 0 Å². The summed E-state index contributed by atoms with van der Waals surface area (Å²) < 4.78 is 16.2. The second kappa shape index (κ2) is 12.2. The summed E-state index contributed by atoms with van der Waals surface area (Å²) in [6, 6.07) is 9.29. The Labute approximate surface area is 224 Å². The number of amides is 2. The Balaban J connectivity index is 1.67. The van der Waals surface area contributed by atoms with E-state index in [-0.39, 0.29) is 25.3 Å². The molecule has 12 heteroatoms. The highest BCUT2D eigenvalue weighted by molar-refractivity contribution is 5.98.